The Labute approximate surface area is 129 Å². The van der Waals surface area contributed by atoms with Gasteiger partial charge in [0.1, 0.15) is 16.8 Å². The Hall–Kier alpha value is -0.870. The number of ether oxygens (including phenoxy) is 1. The van der Waals surface area contributed by atoms with Crippen molar-refractivity contribution in [1.82, 2.24) is 0 Å². The lowest BCUT2D eigenvalue weighted by molar-refractivity contribution is -0.262. The minimum absolute atomic E-state index is 0.0113. The molecule has 1 N–H and O–H groups in total. The van der Waals surface area contributed by atoms with Crippen molar-refractivity contribution in [3.05, 3.63) is 12.2 Å². The van der Waals surface area contributed by atoms with Crippen LogP contribution in [0.25, 0.3) is 0 Å². The molecule has 0 aromatic heterocycles. The molecule has 1 saturated heterocycles. The minimum atomic E-state index is -1.08. The van der Waals surface area contributed by atoms with E-state index >= 15 is 0 Å². The molecule has 3 aliphatic rings. The third-order valence-corrected chi connectivity index (χ3v) is 5.88. The number of aliphatic hydroxyl groups excluding tert-OH is 1. The number of carbonyl (C=O) groups excluding carboxylic acids is 2. The summed E-state index contributed by atoms with van der Waals surface area (Å²) in [6, 6.07) is 0. The Morgan fingerprint density at radius 1 is 1.52 bits per heavy atom. The third-order valence-electron chi connectivity index (χ3n) is 5.66. The monoisotopic (exact) mass is 312 g/mol. The minimum Gasteiger partial charge on any atom is -0.457 e. The fraction of sp³-hybridized carbons (Fsp3) is 0.750. The Bertz CT molecular complexity index is 503. The van der Waals surface area contributed by atoms with Crippen LogP contribution in [-0.4, -0.2) is 34.4 Å². The number of rotatable bonds is 4. The molecular formula is C16H21ClO4. The van der Waals surface area contributed by atoms with E-state index < -0.39 is 29.0 Å². The Morgan fingerprint density at radius 3 is 2.86 bits per heavy atom. The molecule has 0 amide bonds. The van der Waals surface area contributed by atoms with E-state index in [1.807, 2.05) is 12.2 Å². The van der Waals surface area contributed by atoms with E-state index in [0.717, 1.165) is 19.3 Å². The van der Waals surface area contributed by atoms with Crippen LogP contribution in [0.15, 0.2) is 12.2 Å². The van der Waals surface area contributed by atoms with E-state index in [1.54, 1.807) is 6.92 Å². The molecule has 21 heavy (non-hydrogen) atoms. The molecule has 1 saturated carbocycles. The summed E-state index contributed by atoms with van der Waals surface area (Å²) in [7, 11) is 0. The highest BCUT2D eigenvalue weighted by atomic mass is 35.5. The molecule has 0 aromatic rings. The van der Waals surface area contributed by atoms with Gasteiger partial charge in [-0.1, -0.05) is 12.2 Å². The van der Waals surface area contributed by atoms with Crippen LogP contribution in [0.5, 0.6) is 0 Å². The number of alkyl halides is 1. The third kappa shape index (κ3) is 1.85. The zero-order valence-electron chi connectivity index (χ0n) is 12.2. The summed E-state index contributed by atoms with van der Waals surface area (Å²) >= 11 is 5.79. The average molecular weight is 313 g/mol. The first-order chi connectivity index (χ1) is 9.97. The van der Waals surface area contributed by atoms with Crippen molar-refractivity contribution in [2.45, 2.75) is 50.7 Å². The lowest BCUT2D eigenvalue weighted by Gasteiger charge is -2.55. The number of carbonyl (C=O) groups is 2. The van der Waals surface area contributed by atoms with E-state index in [-0.39, 0.29) is 18.1 Å². The maximum Gasteiger partial charge on any atom is 0.319 e. The first kappa shape index (κ1) is 15.0. The van der Waals surface area contributed by atoms with Crippen LogP contribution >= 0.6 is 11.6 Å². The molecule has 2 fully saturated rings. The number of halogens is 1. The lowest BCUT2D eigenvalue weighted by Crippen LogP contribution is -2.70. The maximum atomic E-state index is 12.3. The number of aliphatic hydroxyl groups is 1. The fourth-order valence-corrected chi connectivity index (χ4v) is 4.62. The number of hydrogen-bond donors (Lipinski definition) is 1. The van der Waals surface area contributed by atoms with E-state index in [9.17, 15) is 14.7 Å². The number of ketones is 1. The van der Waals surface area contributed by atoms with Crippen LogP contribution in [-0.2, 0) is 14.3 Å². The van der Waals surface area contributed by atoms with Gasteiger partial charge >= 0.3 is 5.97 Å². The van der Waals surface area contributed by atoms with E-state index in [2.05, 4.69) is 0 Å². The molecular weight excluding hydrogens is 292 g/mol. The van der Waals surface area contributed by atoms with Gasteiger partial charge in [-0.3, -0.25) is 9.59 Å². The van der Waals surface area contributed by atoms with Gasteiger partial charge in [0.2, 0.25) is 0 Å². The number of allylic oxidation sites excluding steroid dienone is 1. The summed E-state index contributed by atoms with van der Waals surface area (Å²) in [4.78, 5) is 24.6. The van der Waals surface area contributed by atoms with Gasteiger partial charge in [-0.15, -0.1) is 11.6 Å². The number of hydrogen-bond acceptors (Lipinski definition) is 4. The van der Waals surface area contributed by atoms with E-state index in [1.165, 1.54) is 0 Å². The van der Waals surface area contributed by atoms with Crippen molar-refractivity contribution in [3.63, 3.8) is 0 Å². The lowest BCUT2D eigenvalue weighted by atomic mass is 9.60. The second-order valence-corrected chi connectivity index (χ2v) is 6.99. The van der Waals surface area contributed by atoms with Crippen LogP contribution in [0, 0.1) is 17.3 Å². The molecule has 5 heteroatoms. The molecule has 116 valence electrons. The van der Waals surface area contributed by atoms with Crippen LogP contribution < -0.4 is 0 Å². The molecule has 2 aliphatic carbocycles. The smallest absolute Gasteiger partial charge is 0.319 e. The van der Waals surface area contributed by atoms with Gasteiger partial charge in [0.15, 0.2) is 0 Å². The van der Waals surface area contributed by atoms with Crippen molar-refractivity contribution < 1.29 is 19.4 Å². The van der Waals surface area contributed by atoms with Crippen LogP contribution in [0.2, 0.25) is 0 Å². The van der Waals surface area contributed by atoms with Crippen molar-refractivity contribution in [2.24, 2.45) is 17.3 Å². The van der Waals surface area contributed by atoms with Gasteiger partial charge in [-0.2, -0.15) is 0 Å². The molecule has 4 nitrogen and oxygen atoms in total. The molecule has 0 bridgehead atoms. The predicted octanol–water partition coefficient (Wildman–Crippen LogP) is 2.22. The van der Waals surface area contributed by atoms with Gasteiger partial charge in [0, 0.05) is 18.2 Å². The normalized spacial score (nSPS) is 43.2. The summed E-state index contributed by atoms with van der Waals surface area (Å²) in [5, 5.41) is 10.9. The zero-order valence-corrected chi connectivity index (χ0v) is 12.9. The first-order valence-electron chi connectivity index (χ1n) is 7.64. The fourth-order valence-electron chi connectivity index (χ4n) is 4.40. The molecule has 0 aromatic carbocycles. The van der Waals surface area contributed by atoms with Crippen molar-refractivity contribution in [3.8, 4) is 0 Å². The highest BCUT2D eigenvalue weighted by Gasteiger charge is 2.78. The molecule has 0 radical (unpaired) electrons. The van der Waals surface area contributed by atoms with E-state index in [0.29, 0.717) is 12.3 Å². The van der Waals surface area contributed by atoms with Gasteiger partial charge in [0.05, 0.1) is 12.0 Å². The standard InChI is InChI=1S/C16H21ClO4/c1-15-11(7-8-17)12(18)9-16(15,14(20)21-15)13(19)10-5-3-2-4-6-10/h3,5,10-11,13,19H,2,4,6-9H2,1H3/t10?,11-,13?,15-,16+/m1/s1. The molecule has 1 aliphatic heterocycles. The van der Waals surface area contributed by atoms with Crippen LogP contribution in [0.3, 0.4) is 0 Å². The van der Waals surface area contributed by atoms with Gasteiger partial charge in [0.25, 0.3) is 0 Å². The van der Waals surface area contributed by atoms with Gasteiger partial charge < -0.3 is 9.84 Å². The van der Waals surface area contributed by atoms with Gasteiger partial charge in [-0.25, -0.2) is 0 Å². The van der Waals surface area contributed by atoms with Gasteiger partial charge in [-0.05, 0) is 32.6 Å². The maximum absolute atomic E-state index is 12.3. The number of Topliss-reactive ketones (excluding diaryl/α,β-unsaturated/α-hetero) is 1. The summed E-state index contributed by atoms with van der Waals surface area (Å²) in [5.41, 5.74) is -1.98. The average Bonchev–Trinajstić information content (AvgIpc) is 2.65. The summed E-state index contributed by atoms with van der Waals surface area (Å²) in [6.07, 6.45) is 6.58. The molecule has 2 unspecified atom stereocenters. The summed E-state index contributed by atoms with van der Waals surface area (Å²) in [5.74, 6) is -0.563. The van der Waals surface area contributed by atoms with Crippen molar-refractivity contribution in [1.29, 1.82) is 0 Å². The Kier molecular flexibility index (Phi) is 3.65. The topological polar surface area (TPSA) is 63.6 Å². The SMILES string of the molecule is C[C@]12OC(=O)[C@@]1(C(O)C1C=CCCC1)CC(=O)[C@H]2CCCl. The van der Waals surface area contributed by atoms with Crippen molar-refractivity contribution >= 4 is 23.4 Å². The van der Waals surface area contributed by atoms with Crippen LogP contribution in [0.4, 0.5) is 0 Å². The summed E-state index contributed by atoms with van der Waals surface area (Å²) < 4.78 is 5.40. The van der Waals surface area contributed by atoms with Crippen LogP contribution in [0.1, 0.15) is 39.0 Å². The number of fused-ring (bicyclic) bond motifs is 1. The number of esters is 1. The molecule has 0 spiro atoms. The van der Waals surface area contributed by atoms with Crippen molar-refractivity contribution in [2.75, 3.05) is 5.88 Å². The van der Waals surface area contributed by atoms with E-state index in [4.69, 9.17) is 16.3 Å². The summed E-state index contributed by atoms with van der Waals surface area (Å²) in [6.45, 7) is 1.78. The molecule has 1 heterocycles. The molecule has 5 atom stereocenters. The predicted molar refractivity (Wildman–Crippen MR) is 77.9 cm³/mol. The molecule has 3 rings (SSSR count). The zero-order chi connectivity index (χ0) is 15.3. The highest BCUT2D eigenvalue weighted by molar-refractivity contribution is 6.18. The second-order valence-electron chi connectivity index (χ2n) is 6.61. The first-order valence-corrected chi connectivity index (χ1v) is 8.17. The second kappa shape index (κ2) is 5.10. The quantitative estimate of drug-likeness (QED) is 0.491. The largest absolute Gasteiger partial charge is 0.457 e. The Morgan fingerprint density at radius 2 is 2.29 bits per heavy atom. The highest BCUT2D eigenvalue weighted by Crippen LogP contribution is 2.62. The Balaban J connectivity index is 1.94.